The number of rotatable bonds is 6. The Morgan fingerprint density at radius 1 is 1.33 bits per heavy atom. The summed E-state index contributed by atoms with van der Waals surface area (Å²) in [4.78, 5) is 0.333. The minimum atomic E-state index is -3.21. The van der Waals surface area contributed by atoms with Crippen LogP contribution >= 0.6 is 0 Å². The maximum absolute atomic E-state index is 11.7. The molecule has 0 saturated heterocycles. The van der Waals surface area contributed by atoms with E-state index >= 15 is 0 Å². The molecular weight excluding hydrogens is 286 g/mol. The molecule has 2 rings (SSSR count). The van der Waals surface area contributed by atoms with Gasteiger partial charge in [-0.2, -0.15) is 5.10 Å². The van der Waals surface area contributed by atoms with Crippen molar-refractivity contribution in [3.05, 3.63) is 47.8 Å². The normalized spacial score (nSPS) is 13.3. The number of aryl methyl sites for hydroxylation is 1. The van der Waals surface area contributed by atoms with E-state index in [4.69, 9.17) is 0 Å². The van der Waals surface area contributed by atoms with Crippen molar-refractivity contribution in [2.24, 2.45) is 7.05 Å². The first-order valence-electron chi connectivity index (χ1n) is 6.94. The van der Waals surface area contributed by atoms with Crippen LogP contribution in [-0.4, -0.2) is 31.0 Å². The maximum atomic E-state index is 11.7. The summed E-state index contributed by atoms with van der Waals surface area (Å²) in [6.07, 6.45) is 4.10. The molecule has 5 nitrogen and oxygen atoms in total. The van der Waals surface area contributed by atoms with Crippen LogP contribution in [0, 0.1) is 0 Å². The Morgan fingerprint density at radius 3 is 2.67 bits per heavy atom. The molecule has 1 heterocycles. The number of sulfone groups is 1. The van der Waals surface area contributed by atoms with Gasteiger partial charge < -0.3 is 5.32 Å². The highest BCUT2D eigenvalue weighted by Gasteiger charge is 2.18. The Labute approximate surface area is 125 Å². The molecule has 114 valence electrons. The lowest BCUT2D eigenvalue weighted by atomic mass is 10.0. The molecule has 0 amide bonds. The van der Waals surface area contributed by atoms with Gasteiger partial charge in [-0.15, -0.1) is 0 Å². The number of aromatic nitrogens is 2. The Hall–Kier alpha value is -1.66. The number of hydrogen-bond donors (Lipinski definition) is 1. The van der Waals surface area contributed by atoms with E-state index in [9.17, 15) is 8.42 Å². The number of nitrogens with zero attached hydrogens (tertiary/aromatic N) is 2. The highest BCUT2D eigenvalue weighted by atomic mass is 32.2. The lowest BCUT2D eigenvalue weighted by Crippen LogP contribution is -2.24. The van der Waals surface area contributed by atoms with Crippen molar-refractivity contribution in [2.45, 2.75) is 24.3 Å². The van der Waals surface area contributed by atoms with Crippen LogP contribution in [0.25, 0.3) is 0 Å². The molecule has 1 N–H and O–H groups in total. The first kappa shape index (κ1) is 15.7. The van der Waals surface area contributed by atoms with Crippen molar-refractivity contribution in [1.82, 2.24) is 15.1 Å². The van der Waals surface area contributed by atoms with E-state index < -0.39 is 9.84 Å². The van der Waals surface area contributed by atoms with Gasteiger partial charge >= 0.3 is 0 Å². The molecule has 1 aromatic carbocycles. The van der Waals surface area contributed by atoms with Gasteiger partial charge in [0, 0.05) is 19.5 Å². The molecule has 0 spiro atoms. The van der Waals surface area contributed by atoms with Crippen molar-refractivity contribution < 1.29 is 8.42 Å². The second-order valence-electron chi connectivity index (χ2n) is 5.15. The zero-order chi connectivity index (χ0) is 15.5. The van der Waals surface area contributed by atoms with Gasteiger partial charge in [0.2, 0.25) is 0 Å². The molecule has 1 aromatic heterocycles. The third-order valence-electron chi connectivity index (χ3n) is 3.25. The predicted molar refractivity (Wildman–Crippen MR) is 82.9 cm³/mol. The van der Waals surface area contributed by atoms with Crippen molar-refractivity contribution in [1.29, 1.82) is 0 Å². The second kappa shape index (κ2) is 6.41. The van der Waals surface area contributed by atoms with E-state index in [1.165, 1.54) is 6.26 Å². The maximum Gasteiger partial charge on any atom is 0.175 e. The molecule has 0 aliphatic heterocycles. The summed E-state index contributed by atoms with van der Waals surface area (Å²) in [7, 11) is -1.34. The summed E-state index contributed by atoms with van der Waals surface area (Å²) in [5, 5.41) is 7.86. The fourth-order valence-corrected chi connectivity index (χ4v) is 2.87. The van der Waals surface area contributed by atoms with Crippen molar-refractivity contribution in [3.8, 4) is 0 Å². The standard InChI is InChI=1S/C15H21N3O2S/c1-4-9-16-15(14-8-10-18(2)17-14)12-6-5-7-13(11-12)21(3,19)20/h5-8,10-11,15-16H,4,9H2,1-3H3. The lowest BCUT2D eigenvalue weighted by molar-refractivity contribution is 0.573. The zero-order valence-electron chi connectivity index (χ0n) is 12.6. The molecular formula is C15H21N3O2S. The fraction of sp³-hybridized carbons (Fsp3) is 0.400. The van der Waals surface area contributed by atoms with Crippen LogP contribution in [0.2, 0.25) is 0 Å². The third kappa shape index (κ3) is 3.92. The molecule has 1 atom stereocenters. The van der Waals surface area contributed by atoms with Crippen LogP contribution in [-0.2, 0) is 16.9 Å². The molecule has 2 aromatic rings. The highest BCUT2D eigenvalue weighted by Crippen LogP contribution is 2.23. The van der Waals surface area contributed by atoms with E-state index in [1.54, 1.807) is 22.9 Å². The molecule has 0 aliphatic rings. The molecule has 1 unspecified atom stereocenters. The monoisotopic (exact) mass is 307 g/mol. The average Bonchev–Trinajstić information content (AvgIpc) is 2.85. The van der Waals surface area contributed by atoms with Gasteiger partial charge in [0.25, 0.3) is 0 Å². The van der Waals surface area contributed by atoms with E-state index in [2.05, 4.69) is 17.3 Å². The third-order valence-corrected chi connectivity index (χ3v) is 4.36. The van der Waals surface area contributed by atoms with Gasteiger partial charge in [-0.3, -0.25) is 4.68 Å². The summed E-state index contributed by atoms with van der Waals surface area (Å²) in [5.74, 6) is 0. The van der Waals surface area contributed by atoms with Gasteiger partial charge in [0.1, 0.15) is 0 Å². The SMILES string of the molecule is CCCNC(c1cccc(S(C)(=O)=O)c1)c1ccn(C)n1. The summed E-state index contributed by atoms with van der Waals surface area (Å²) in [6, 6.07) is 8.88. The van der Waals surface area contributed by atoms with Crippen LogP contribution < -0.4 is 5.32 Å². The number of hydrogen-bond acceptors (Lipinski definition) is 4. The fourth-order valence-electron chi connectivity index (χ4n) is 2.19. The molecule has 0 saturated carbocycles. The van der Waals surface area contributed by atoms with Crippen LogP contribution in [0.1, 0.15) is 30.6 Å². The molecule has 6 heteroatoms. The summed E-state index contributed by atoms with van der Waals surface area (Å²) in [6.45, 7) is 2.93. The van der Waals surface area contributed by atoms with Crippen molar-refractivity contribution >= 4 is 9.84 Å². The predicted octanol–water partition coefficient (Wildman–Crippen LogP) is 1.91. The Balaban J connectivity index is 2.41. The second-order valence-corrected chi connectivity index (χ2v) is 7.16. The van der Waals surface area contributed by atoms with Gasteiger partial charge in [-0.1, -0.05) is 19.1 Å². The van der Waals surface area contributed by atoms with Crippen LogP contribution in [0.15, 0.2) is 41.4 Å². The highest BCUT2D eigenvalue weighted by molar-refractivity contribution is 7.90. The molecule has 21 heavy (non-hydrogen) atoms. The quantitative estimate of drug-likeness (QED) is 0.885. The van der Waals surface area contributed by atoms with E-state index in [1.807, 2.05) is 25.4 Å². The minimum absolute atomic E-state index is 0.104. The van der Waals surface area contributed by atoms with Gasteiger partial charge in [0.05, 0.1) is 16.6 Å². The molecule has 0 bridgehead atoms. The van der Waals surface area contributed by atoms with Crippen molar-refractivity contribution in [3.63, 3.8) is 0 Å². The minimum Gasteiger partial charge on any atom is -0.305 e. The topological polar surface area (TPSA) is 64.0 Å². The van der Waals surface area contributed by atoms with E-state index in [-0.39, 0.29) is 6.04 Å². The Bertz CT molecular complexity index is 707. The van der Waals surface area contributed by atoms with E-state index in [0.29, 0.717) is 4.90 Å². The molecule has 0 fully saturated rings. The first-order chi connectivity index (χ1) is 9.91. The molecule has 0 radical (unpaired) electrons. The number of benzene rings is 1. The molecule has 0 aliphatic carbocycles. The van der Waals surface area contributed by atoms with Gasteiger partial charge in [-0.05, 0) is 36.7 Å². The first-order valence-corrected chi connectivity index (χ1v) is 8.84. The average molecular weight is 307 g/mol. The largest absolute Gasteiger partial charge is 0.305 e. The summed E-state index contributed by atoms with van der Waals surface area (Å²) in [5.41, 5.74) is 1.79. The van der Waals surface area contributed by atoms with Crippen LogP contribution in [0.3, 0.4) is 0 Å². The van der Waals surface area contributed by atoms with E-state index in [0.717, 1.165) is 24.2 Å². The Kier molecular flexibility index (Phi) is 4.80. The van der Waals surface area contributed by atoms with Crippen molar-refractivity contribution in [2.75, 3.05) is 12.8 Å². The zero-order valence-corrected chi connectivity index (χ0v) is 13.4. The van der Waals surface area contributed by atoms with Crippen LogP contribution in [0.4, 0.5) is 0 Å². The number of nitrogens with one attached hydrogen (secondary N) is 1. The van der Waals surface area contributed by atoms with Crippen LogP contribution in [0.5, 0.6) is 0 Å². The Morgan fingerprint density at radius 2 is 2.10 bits per heavy atom. The van der Waals surface area contributed by atoms with Gasteiger partial charge in [-0.25, -0.2) is 8.42 Å². The summed E-state index contributed by atoms with van der Waals surface area (Å²) >= 11 is 0. The smallest absolute Gasteiger partial charge is 0.175 e. The summed E-state index contributed by atoms with van der Waals surface area (Å²) < 4.78 is 25.2. The van der Waals surface area contributed by atoms with Gasteiger partial charge in [0.15, 0.2) is 9.84 Å². The lowest BCUT2D eigenvalue weighted by Gasteiger charge is -2.17.